The molecule has 0 aromatic heterocycles. The van der Waals surface area contributed by atoms with Crippen LogP contribution in [0.15, 0.2) is 21.1 Å². The molecule has 0 atom stereocenters. The molecule has 0 nitrogen and oxygen atoms in total. The standard InChI is InChI=1S/C18H27Br2Cl/c1-2-3-4-5-6-7-8-9-10-11-12-15-13-16(19)18(21)17(20)14-15/h13-14H,2-12H2,1H3. The van der Waals surface area contributed by atoms with Crippen LogP contribution in [0.2, 0.25) is 5.02 Å². The number of hydrogen-bond donors (Lipinski definition) is 0. The van der Waals surface area contributed by atoms with Crippen LogP contribution in [-0.2, 0) is 6.42 Å². The van der Waals surface area contributed by atoms with Gasteiger partial charge in [-0.3, -0.25) is 0 Å². The lowest BCUT2D eigenvalue weighted by molar-refractivity contribution is 0.556. The van der Waals surface area contributed by atoms with E-state index in [4.69, 9.17) is 11.6 Å². The second-order valence-corrected chi connectivity index (χ2v) is 7.89. The fraction of sp³-hybridized carbons (Fsp3) is 0.667. The van der Waals surface area contributed by atoms with Crippen LogP contribution in [0.5, 0.6) is 0 Å². The van der Waals surface area contributed by atoms with E-state index >= 15 is 0 Å². The van der Waals surface area contributed by atoms with E-state index in [-0.39, 0.29) is 0 Å². The zero-order valence-corrected chi connectivity index (χ0v) is 17.0. The van der Waals surface area contributed by atoms with E-state index in [9.17, 15) is 0 Å². The van der Waals surface area contributed by atoms with Gasteiger partial charge in [-0.25, -0.2) is 0 Å². The van der Waals surface area contributed by atoms with Crippen LogP contribution in [0, 0.1) is 0 Å². The van der Waals surface area contributed by atoms with Crippen molar-refractivity contribution in [3.8, 4) is 0 Å². The van der Waals surface area contributed by atoms with Crippen LogP contribution in [0.3, 0.4) is 0 Å². The summed E-state index contributed by atoms with van der Waals surface area (Å²) in [7, 11) is 0. The van der Waals surface area contributed by atoms with E-state index in [1.165, 1.54) is 69.8 Å². The Morgan fingerprint density at radius 3 is 1.67 bits per heavy atom. The number of unbranched alkanes of at least 4 members (excludes halogenated alkanes) is 9. The van der Waals surface area contributed by atoms with E-state index in [0.717, 1.165) is 20.4 Å². The smallest absolute Gasteiger partial charge is 0.0690 e. The molecule has 0 N–H and O–H groups in total. The van der Waals surface area contributed by atoms with Gasteiger partial charge in [-0.15, -0.1) is 0 Å². The van der Waals surface area contributed by atoms with Crippen LogP contribution >= 0.6 is 43.5 Å². The maximum absolute atomic E-state index is 6.12. The summed E-state index contributed by atoms with van der Waals surface area (Å²) in [6, 6.07) is 4.28. The molecule has 0 saturated carbocycles. The average Bonchev–Trinajstić information content (AvgIpc) is 2.46. The second-order valence-electron chi connectivity index (χ2n) is 5.81. The van der Waals surface area contributed by atoms with Crippen molar-refractivity contribution >= 4 is 43.5 Å². The highest BCUT2D eigenvalue weighted by atomic mass is 79.9. The maximum Gasteiger partial charge on any atom is 0.0690 e. The van der Waals surface area contributed by atoms with Gasteiger partial charge in [0.15, 0.2) is 0 Å². The van der Waals surface area contributed by atoms with Crippen molar-refractivity contribution in [2.75, 3.05) is 0 Å². The first-order valence-electron chi connectivity index (χ1n) is 8.28. The zero-order valence-electron chi connectivity index (χ0n) is 13.1. The molecule has 3 heteroatoms. The van der Waals surface area contributed by atoms with Crippen molar-refractivity contribution < 1.29 is 0 Å². The molecule has 1 rings (SSSR count). The molecule has 0 saturated heterocycles. The van der Waals surface area contributed by atoms with Gasteiger partial charge >= 0.3 is 0 Å². The molecule has 0 aliphatic rings. The third-order valence-corrected chi connectivity index (χ3v) is 5.98. The Hall–Kier alpha value is 0.470. The first-order chi connectivity index (χ1) is 10.1. The van der Waals surface area contributed by atoms with Crippen molar-refractivity contribution in [1.29, 1.82) is 0 Å². The summed E-state index contributed by atoms with van der Waals surface area (Å²) in [4.78, 5) is 0. The van der Waals surface area contributed by atoms with E-state index in [0.29, 0.717) is 0 Å². The fourth-order valence-electron chi connectivity index (χ4n) is 2.57. The molecule has 0 fully saturated rings. The van der Waals surface area contributed by atoms with Crippen LogP contribution < -0.4 is 0 Å². The Morgan fingerprint density at radius 2 is 1.19 bits per heavy atom. The molecule has 0 aliphatic carbocycles. The summed E-state index contributed by atoms with van der Waals surface area (Å²) in [5, 5.41) is 0.766. The van der Waals surface area contributed by atoms with Crippen molar-refractivity contribution in [3.05, 3.63) is 31.7 Å². The quantitative estimate of drug-likeness (QED) is 0.241. The summed E-state index contributed by atoms with van der Waals surface area (Å²) >= 11 is 13.1. The van der Waals surface area contributed by atoms with Crippen molar-refractivity contribution in [2.24, 2.45) is 0 Å². The molecule has 0 bridgehead atoms. The van der Waals surface area contributed by atoms with Crippen LogP contribution in [0.25, 0.3) is 0 Å². The Morgan fingerprint density at radius 1 is 0.762 bits per heavy atom. The van der Waals surface area contributed by atoms with Gasteiger partial charge in [0.1, 0.15) is 0 Å². The molecule has 1 aromatic rings. The molecule has 0 spiro atoms. The Balaban J connectivity index is 2.04. The first-order valence-corrected chi connectivity index (χ1v) is 10.2. The van der Waals surface area contributed by atoms with Crippen molar-refractivity contribution in [3.63, 3.8) is 0 Å². The molecule has 0 heterocycles. The Kier molecular flexibility index (Phi) is 11.1. The highest BCUT2D eigenvalue weighted by Gasteiger charge is 2.05. The van der Waals surface area contributed by atoms with Gasteiger partial charge in [0.05, 0.1) is 5.02 Å². The van der Waals surface area contributed by atoms with Gasteiger partial charge in [0, 0.05) is 8.95 Å². The summed E-state index contributed by atoms with van der Waals surface area (Å²) in [5.41, 5.74) is 1.36. The summed E-state index contributed by atoms with van der Waals surface area (Å²) in [6.45, 7) is 2.28. The van der Waals surface area contributed by atoms with Crippen LogP contribution in [0.4, 0.5) is 0 Å². The number of hydrogen-bond acceptors (Lipinski definition) is 0. The average molecular weight is 439 g/mol. The minimum absolute atomic E-state index is 0.766. The Bertz CT molecular complexity index is 381. The minimum Gasteiger partial charge on any atom is -0.0819 e. The largest absolute Gasteiger partial charge is 0.0819 e. The van der Waals surface area contributed by atoms with Gasteiger partial charge < -0.3 is 0 Å². The van der Waals surface area contributed by atoms with Gasteiger partial charge in [-0.2, -0.15) is 0 Å². The molecule has 0 unspecified atom stereocenters. The number of benzene rings is 1. The minimum atomic E-state index is 0.766. The normalized spacial score (nSPS) is 11.0. The molecular weight excluding hydrogens is 411 g/mol. The van der Waals surface area contributed by atoms with Gasteiger partial charge in [-0.05, 0) is 62.4 Å². The lowest BCUT2D eigenvalue weighted by Crippen LogP contribution is -1.88. The van der Waals surface area contributed by atoms with Crippen molar-refractivity contribution in [2.45, 2.75) is 77.6 Å². The third-order valence-electron chi connectivity index (χ3n) is 3.86. The molecule has 0 aliphatic heterocycles. The van der Waals surface area contributed by atoms with Crippen LogP contribution in [0.1, 0.15) is 76.7 Å². The summed E-state index contributed by atoms with van der Waals surface area (Å²) in [5.74, 6) is 0. The lowest BCUT2D eigenvalue weighted by atomic mass is 10.0. The van der Waals surface area contributed by atoms with Crippen LogP contribution in [-0.4, -0.2) is 0 Å². The third kappa shape index (κ3) is 8.62. The van der Waals surface area contributed by atoms with E-state index in [1.807, 2.05) is 0 Å². The predicted molar refractivity (Wildman–Crippen MR) is 102 cm³/mol. The SMILES string of the molecule is CCCCCCCCCCCCc1cc(Br)c(Cl)c(Br)c1. The Labute approximate surface area is 152 Å². The van der Waals surface area contributed by atoms with E-state index < -0.39 is 0 Å². The number of rotatable bonds is 11. The monoisotopic (exact) mass is 436 g/mol. The van der Waals surface area contributed by atoms with Crippen molar-refractivity contribution in [1.82, 2.24) is 0 Å². The molecule has 0 radical (unpaired) electrons. The molecule has 120 valence electrons. The van der Waals surface area contributed by atoms with Gasteiger partial charge in [-0.1, -0.05) is 76.3 Å². The van der Waals surface area contributed by atoms with E-state index in [2.05, 4.69) is 50.9 Å². The fourth-order valence-corrected chi connectivity index (χ4v) is 3.96. The number of halogens is 3. The summed E-state index contributed by atoms with van der Waals surface area (Å²) < 4.78 is 1.97. The second kappa shape index (κ2) is 12.0. The predicted octanol–water partition coefficient (Wildman–Crippen LogP) is 8.33. The lowest BCUT2D eigenvalue weighted by Gasteiger charge is -2.06. The maximum atomic E-state index is 6.12. The highest BCUT2D eigenvalue weighted by molar-refractivity contribution is 9.11. The molecule has 21 heavy (non-hydrogen) atoms. The topological polar surface area (TPSA) is 0 Å². The summed E-state index contributed by atoms with van der Waals surface area (Å²) in [6.07, 6.45) is 15.0. The van der Waals surface area contributed by atoms with E-state index in [1.54, 1.807) is 0 Å². The van der Waals surface area contributed by atoms with Gasteiger partial charge in [0.25, 0.3) is 0 Å². The highest BCUT2D eigenvalue weighted by Crippen LogP contribution is 2.32. The molecule has 0 amide bonds. The first kappa shape index (κ1) is 19.5. The molecule has 1 aromatic carbocycles. The molecular formula is C18H27Br2Cl. The van der Waals surface area contributed by atoms with Gasteiger partial charge in [0.2, 0.25) is 0 Å². The zero-order chi connectivity index (χ0) is 15.5. The number of aryl methyl sites for hydroxylation is 1.